The summed E-state index contributed by atoms with van der Waals surface area (Å²) < 4.78 is 16.1. The van der Waals surface area contributed by atoms with Crippen molar-refractivity contribution in [3.63, 3.8) is 0 Å². The molecule has 196 valence electrons. The van der Waals surface area contributed by atoms with E-state index in [2.05, 4.69) is 0 Å². The molecule has 1 saturated heterocycles. The van der Waals surface area contributed by atoms with E-state index in [0.29, 0.717) is 44.2 Å². The molecule has 1 aliphatic heterocycles. The third-order valence-electron chi connectivity index (χ3n) is 7.51. The Morgan fingerprint density at radius 2 is 1.57 bits per heavy atom. The van der Waals surface area contributed by atoms with Crippen molar-refractivity contribution >= 4 is 29.0 Å². The van der Waals surface area contributed by atoms with E-state index in [1.165, 1.54) is 0 Å². The molecule has 35 heavy (non-hydrogen) atoms. The van der Waals surface area contributed by atoms with Crippen LogP contribution >= 0.6 is 11.6 Å². The summed E-state index contributed by atoms with van der Waals surface area (Å²) in [5.41, 5.74) is 0.997. The second-order valence-corrected chi connectivity index (χ2v) is 9.88. The van der Waals surface area contributed by atoms with Crippen molar-refractivity contribution in [3.05, 3.63) is 35.9 Å². The molecule has 3 aliphatic rings. The number of rotatable bonds is 6. The number of carbonyl (C=O) groups is 3. The molecule has 0 N–H and O–H groups in total. The minimum atomic E-state index is -0.314. The third-order valence-corrected chi connectivity index (χ3v) is 7.67. The largest absolute Gasteiger partial charge is 0.361 e. The van der Waals surface area contributed by atoms with Crippen LogP contribution in [-0.2, 0) is 35.2 Å². The topological polar surface area (TPSA) is 78.9 Å². The van der Waals surface area contributed by atoms with E-state index in [1.54, 1.807) is 13.8 Å². The number of ketones is 3. The van der Waals surface area contributed by atoms with Gasteiger partial charge in [0.2, 0.25) is 0 Å². The smallest absolute Gasteiger partial charge is 0.168 e. The average molecular weight is 509 g/mol. The first-order valence-corrected chi connectivity index (χ1v) is 13.3. The normalized spacial score (nSPS) is 20.9. The number of ether oxygens (including phenoxy) is 3. The predicted molar refractivity (Wildman–Crippen MR) is 136 cm³/mol. The molecule has 1 spiro atoms. The summed E-state index contributed by atoms with van der Waals surface area (Å²) in [6, 6.07) is 10.2. The molecular formula is C28H41ClO6. The van der Waals surface area contributed by atoms with Gasteiger partial charge in [-0.15, -0.1) is 0 Å². The molecular weight excluding hydrogens is 468 g/mol. The molecule has 1 aromatic rings. The van der Waals surface area contributed by atoms with Gasteiger partial charge in [0.15, 0.2) is 5.79 Å². The van der Waals surface area contributed by atoms with E-state index < -0.39 is 0 Å². The summed E-state index contributed by atoms with van der Waals surface area (Å²) in [5, 5.41) is 0. The van der Waals surface area contributed by atoms with Gasteiger partial charge in [0.05, 0.1) is 19.8 Å². The highest BCUT2D eigenvalue weighted by Crippen LogP contribution is 2.39. The lowest BCUT2D eigenvalue weighted by Crippen LogP contribution is -2.36. The van der Waals surface area contributed by atoms with E-state index in [-0.39, 0.29) is 29.0 Å². The SMILES string of the molecule is CC(=O)C1CCC2(CC1)OCCO2.CCC1(C(C)=O)CCC(=O)CC1.ClCOCc1ccccc1. The molecule has 1 heterocycles. The fraction of sp³-hybridized carbons (Fsp3) is 0.679. The van der Waals surface area contributed by atoms with Crippen molar-refractivity contribution in [1.82, 2.24) is 0 Å². The van der Waals surface area contributed by atoms with Crippen LogP contribution < -0.4 is 0 Å². The van der Waals surface area contributed by atoms with Gasteiger partial charge in [-0.3, -0.25) is 14.4 Å². The van der Waals surface area contributed by atoms with E-state index in [1.807, 2.05) is 37.3 Å². The van der Waals surface area contributed by atoms with Crippen LogP contribution in [0.3, 0.4) is 0 Å². The fourth-order valence-corrected chi connectivity index (χ4v) is 5.02. The molecule has 2 saturated carbocycles. The number of Topliss-reactive ketones (excluding diaryl/α,β-unsaturated/α-hetero) is 3. The van der Waals surface area contributed by atoms with Gasteiger partial charge < -0.3 is 14.2 Å². The Bertz CT molecular complexity index is 783. The maximum absolute atomic E-state index is 11.3. The summed E-state index contributed by atoms with van der Waals surface area (Å²) in [6.45, 7) is 7.40. The second kappa shape index (κ2) is 14.8. The molecule has 0 atom stereocenters. The second-order valence-electron chi connectivity index (χ2n) is 9.66. The summed E-state index contributed by atoms with van der Waals surface area (Å²) >= 11 is 5.33. The maximum Gasteiger partial charge on any atom is 0.168 e. The lowest BCUT2D eigenvalue weighted by molar-refractivity contribution is -0.183. The van der Waals surface area contributed by atoms with Crippen LogP contribution in [0.1, 0.15) is 84.1 Å². The number of alkyl halides is 1. The predicted octanol–water partition coefficient (Wildman–Crippen LogP) is 6.02. The van der Waals surface area contributed by atoms with E-state index in [4.69, 9.17) is 25.8 Å². The van der Waals surface area contributed by atoms with Gasteiger partial charge >= 0.3 is 0 Å². The van der Waals surface area contributed by atoms with Crippen molar-refractivity contribution in [3.8, 4) is 0 Å². The molecule has 4 rings (SSSR count). The van der Waals surface area contributed by atoms with Crippen LogP contribution in [0.2, 0.25) is 0 Å². The fourth-order valence-electron chi connectivity index (χ4n) is 4.94. The number of hydrogen-bond donors (Lipinski definition) is 0. The Morgan fingerprint density at radius 3 is 2.03 bits per heavy atom. The van der Waals surface area contributed by atoms with Gasteiger partial charge in [-0.05, 0) is 51.5 Å². The Balaban J connectivity index is 0.000000187. The van der Waals surface area contributed by atoms with Crippen molar-refractivity contribution in [2.24, 2.45) is 11.3 Å². The van der Waals surface area contributed by atoms with Crippen molar-refractivity contribution in [2.75, 3.05) is 19.3 Å². The Labute approximate surface area is 215 Å². The first-order valence-electron chi connectivity index (χ1n) is 12.7. The lowest BCUT2D eigenvalue weighted by Gasteiger charge is -2.34. The summed E-state index contributed by atoms with van der Waals surface area (Å²) in [6.07, 6.45) is 7.27. The zero-order valence-electron chi connectivity index (χ0n) is 21.5. The number of carbonyl (C=O) groups excluding carboxylic acids is 3. The van der Waals surface area contributed by atoms with Gasteiger partial charge in [0, 0.05) is 37.0 Å². The Hall–Kier alpha value is -1.60. The van der Waals surface area contributed by atoms with E-state index in [9.17, 15) is 14.4 Å². The molecule has 0 amide bonds. The summed E-state index contributed by atoms with van der Waals surface area (Å²) in [5.74, 6) is 0.829. The standard InChI is InChI=1S/C10H16O3.C10H16O2.C8H9ClO/c1-8(11)9-2-4-10(5-3-9)12-6-7-13-10;1-3-10(8(2)11)6-4-9(12)5-7-10;9-7-10-6-8-4-2-1-3-5-8/h9H,2-7H2,1H3;3-7H2,1-2H3;1-5H,6-7H2. The Kier molecular flexibility index (Phi) is 12.6. The van der Waals surface area contributed by atoms with Crippen molar-refractivity contribution in [2.45, 2.75) is 91.0 Å². The summed E-state index contributed by atoms with van der Waals surface area (Å²) in [7, 11) is 0. The molecule has 0 unspecified atom stereocenters. The molecule has 7 heteroatoms. The Morgan fingerprint density at radius 1 is 1.00 bits per heavy atom. The summed E-state index contributed by atoms with van der Waals surface area (Å²) in [4.78, 5) is 33.4. The highest BCUT2D eigenvalue weighted by atomic mass is 35.5. The van der Waals surface area contributed by atoms with Crippen LogP contribution in [0, 0.1) is 11.3 Å². The van der Waals surface area contributed by atoms with Gasteiger partial charge in [0.25, 0.3) is 0 Å². The highest BCUT2D eigenvalue weighted by molar-refractivity contribution is 6.17. The van der Waals surface area contributed by atoms with E-state index in [0.717, 1.165) is 50.5 Å². The van der Waals surface area contributed by atoms with Gasteiger partial charge in [-0.25, -0.2) is 0 Å². The van der Waals surface area contributed by atoms with Gasteiger partial charge in [-0.2, -0.15) is 0 Å². The van der Waals surface area contributed by atoms with Gasteiger partial charge in [-0.1, -0.05) is 48.9 Å². The van der Waals surface area contributed by atoms with Gasteiger partial charge in [0.1, 0.15) is 23.4 Å². The third kappa shape index (κ3) is 9.41. The first kappa shape index (κ1) is 29.6. The van der Waals surface area contributed by atoms with Crippen LogP contribution in [0.5, 0.6) is 0 Å². The number of halogens is 1. The van der Waals surface area contributed by atoms with Crippen molar-refractivity contribution in [1.29, 1.82) is 0 Å². The number of benzene rings is 1. The lowest BCUT2D eigenvalue weighted by atomic mass is 9.69. The molecule has 1 aromatic carbocycles. The molecule has 2 aliphatic carbocycles. The maximum atomic E-state index is 11.3. The monoisotopic (exact) mass is 508 g/mol. The van der Waals surface area contributed by atoms with Crippen LogP contribution in [0.4, 0.5) is 0 Å². The van der Waals surface area contributed by atoms with Crippen LogP contribution in [0.25, 0.3) is 0 Å². The zero-order chi connectivity index (χ0) is 25.7. The molecule has 0 bridgehead atoms. The molecule has 6 nitrogen and oxygen atoms in total. The number of hydrogen-bond acceptors (Lipinski definition) is 6. The molecule has 0 aromatic heterocycles. The quantitative estimate of drug-likeness (QED) is 0.437. The molecule has 3 fully saturated rings. The van der Waals surface area contributed by atoms with Crippen LogP contribution in [0.15, 0.2) is 30.3 Å². The first-order chi connectivity index (χ1) is 16.8. The minimum Gasteiger partial charge on any atom is -0.361 e. The average Bonchev–Trinajstić information content (AvgIpc) is 3.32. The highest BCUT2D eigenvalue weighted by Gasteiger charge is 2.41. The van der Waals surface area contributed by atoms with Crippen molar-refractivity contribution < 1.29 is 28.6 Å². The van der Waals surface area contributed by atoms with Crippen LogP contribution in [-0.4, -0.2) is 42.4 Å². The minimum absolute atomic E-state index is 0.159. The molecule has 0 radical (unpaired) electrons. The van der Waals surface area contributed by atoms with E-state index >= 15 is 0 Å². The zero-order valence-corrected chi connectivity index (χ0v) is 22.2.